The molecule has 1 aliphatic carbocycles. The minimum absolute atomic E-state index is 0.0446. The SMILES string of the molecule is COc1cc(Cl)cc(OC[C@@H]2[C@H]3CC[C@H](c4nc(C(=O)O)cs4)O[C@H]3C[C@H]2O)c1. The van der Waals surface area contributed by atoms with E-state index in [1.165, 1.54) is 16.7 Å². The Morgan fingerprint density at radius 1 is 1.34 bits per heavy atom. The molecule has 0 spiro atoms. The molecule has 4 rings (SSSR count). The molecule has 1 aliphatic heterocycles. The lowest BCUT2D eigenvalue weighted by molar-refractivity contribution is -0.0811. The number of fused-ring (bicyclic) bond motifs is 1. The van der Waals surface area contributed by atoms with Crippen LogP contribution in [0.15, 0.2) is 23.6 Å². The molecule has 2 aromatic rings. The lowest BCUT2D eigenvalue weighted by atomic mass is 9.87. The van der Waals surface area contributed by atoms with Crippen molar-refractivity contribution in [3.8, 4) is 11.5 Å². The molecule has 1 saturated carbocycles. The van der Waals surface area contributed by atoms with Crippen molar-refractivity contribution in [3.63, 3.8) is 0 Å². The fourth-order valence-corrected chi connectivity index (χ4v) is 5.29. The number of hydrogen-bond acceptors (Lipinski definition) is 7. The summed E-state index contributed by atoms with van der Waals surface area (Å²) in [5.74, 6) is 0.319. The Bertz CT molecular complexity index is 890. The van der Waals surface area contributed by atoms with Gasteiger partial charge in [0.2, 0.25) is 0 Å². The van der Waals surface area contributed by atoms with Crippen molar-refractivity contribution in [1.82, 2.24) is 4.98 Å². The summed E-state index contributed by atoms with van der Waals surface area (Å²) < 4.78 is 17.3. The minimum atomic E-state index is -1.03. The molecule has 1 aromatic heterocycles. The van der Waals surface area contributed by atoms with Gasteiger partial charge >= 0.3 is 5.97 Å². The van der Waals surface area contributed by atoms with Crippen LogP contribution in [0.3, 0.4) is 0 Å². The van der Waals surface area contributed by atoms with Gasteiger partial charge in [0.1, 0.15) is 22.6 Å². The van der Waals surface area contributed by atoms with Crippen molar-refractivity contribution in [2.24, 2.45) is 11.8 Å². The van der Waals surface area contributed by atoms with Gasteiger partial charge in [0, 0.05) is 28.8 Å². The fraction of sp³-hybridized carbons (Fsp3) is 0.500. The number of ether oxygens (including phenoxy) is 3. The normalized spacial score (nSPS) is 28.7. The van der Waals surface area contributed by atoms with Crippen LogP contribution in [0, 0.1) is 11.8 Å². The topological polar surface area (TPSA) is 98.1 Å². The summed E-state index contributed by atoms with van der Waals surface area (Å²) in [7, 11) is 1.57. The van der Waals surface area contributed by atoms with Gasteiger partial charge in [0.15, 0.2) is 5.69 Å². The number of aromatic carboxylic acids is 1. The van der Waals surface area contributed by atoms with Crippen LogP contribution in [0.2, 0.25) is 5.02 Å². The summed E-state index contributed by atoms with van der Waals surface area (Å²) in [5.41, 5.74) is 0.0467. The standard InChI is InChI=1S/C20H22ClNO6S/c1-26-11-4-10(21)5-12(6-11)27-8-14-13-2-3-17(28-18(13)7-16(14)23)19-22-15(9-29-19)20(24)25/h4-6,9,13-14,16-18,23H,2-3,7-8H2,1H3,(H,24,25)/t13-,14-,16-,17-,18+/m1/s1. The summed E-state index contributed by atoms with van der Waals surface area (Å²) in [6.07, 6.45) is 1.30. The largest absolute Gasteiger partial charge is 0.497 e. The van der Waals surface area contributed by atoms with Crippen LogP contribution in [-0.4, -0.2) is 47.1 Å². The van der Waals surface area contributed by atoms with E-state index in [0.717, 1.165) is 12.8 Å². The summed E-state index contributed by atoms with van der Waals surface area (Å²) in [4.78, 5) is 15.2. The smallest absolute Gasteiger partial charge is 0.355 e. The van der Waals surface area contributed by atoms with Crippen molar-refractivity contribution in [1.29, 1.82) is 0 Å². The molecule has 2 heterocycles. The van der Waals surface area contributed by atoms with E-state index in [1.54, 1.807) is 25.3 Å². The first kappa shape index (κ1) is 20.4. The number of carboxylic acid groups (broad SMARTS) is 1. The number of rotatable bonds is 6. The Hall–Kier alpha value is -1.87. The minimum Gasteiger partial charge on any atom is -0.497 e. The van der Waals surface area contributed by atoms with Gasteiger partial charge in [-0.2, -0.15) is 0 Å². The monoisotopic (exact) mass is 439 g/mol. The number of nitrogens with zero attached hydrogens (tertiary/aromatic N) is 1. The molecule has 2 fully saturated rings. The van der Waals surface area contributed by atoms with Crippen LogP contribution in [0.4, 0.5) is 0 Å². The number of carboxylic acids is 1. The zero-order chi connectivity index (χ0) is 20.5. The molecule has 9 heteroatoms. The highest BCUT2D eigenvalue weighted by Gasteiger charge is 2.47. The molecule has 2 aliphatic rings. The lowest BCUT2D eigenvalue weighted by Crippen LogP contribution is -2.33. The number of methoxy groups -OCH3 is 1. The third-order valence-corrected chi connectivity index (χ3v) is 6.79. The van der Waals surface area contributed by atoms with Gasteiger partial charge in [-0.25, -0.2) is 9.78 Å². The first-order chi connectivity index (χ1) is 13.9. The van der Waals surface area contributed by atoms with E-state index >= 15 is 0 Å². The molecule has 1 saturated heterocycles. The second kappa shape index (κ2) is 8.47. The summed E-state index contributed by atoms with van der Waals surface area (Å²) in [6.45, 7) is 0.361. The maximum atomic E-state index is 11.1. The van der Waals surface area contributed by atoms with E-state index in [4.69, 9.17) is 30.9 Å². The van der Waals surface area contributed by atoms with Gasteiger partial charge < -0.3 is 24.4 Å². The van der Waals surface area contributed by atoms with E-state index in [1.807, 2.05) is 0 Å². The number of aromatic nitrogens is 1. The molecule has 0 unspecified atom stereocenters. The van der Waals surface area contributed by atoms with Crippen LogP contribution in [0.1, 0.15) is 40.9 Å². The molecule has 0 bridgehead atoms. The average molecular weight is 440 g/mol. The Balaban J connectivity index is 1.39. The highest BCUT2D eigenvalue weighted by atomic mass is 35.5. The predicted molar refractivity (Wildman–Crippen MR) is 107 cm³/mol. The maximum Gasteiger partial charge on any atom is 0.355 e. The second-order valence-electron chi connectivity index (χ2n) is 7.39. The predicted octanol–water partition coefficient (Wildman–Crippen LogP) is 3.80. The van der Waals surface area contributed by atoms with Gasteiger partial charge in [0.05, 0.1) is 25.9 Å². The van der Waals surface area contributed by atoms with Gasteiger partial charge in [-0.1, -0.05) is 11.6 Å². The molecule has 156 valence electrons. The van der Waals surface area contributed by atoms with Crippen molar-refractivity contribution in [2.45, 2.75) is 37.6 Å². The molecule has 7 nitrogen and oxygen atoms in total. The molecule has 29 heavy (non-hydrogen) atoms. The van der Waals surface area contributed by atoms with Crippen molar-refractivity contribution in [2.75, 3.05) is 13.7 Å². The first-order valence-corrected chi connectivity index (χ1v) is 10.7. The zero-order valence-corrected chi connectivity index (χ0v) is 17.4. The lowest BCUT2D eigenvalue weighted by Gasteiger charge is -2.33. The Kier molecular flexibility index (Phi) is 5.96. The third-order valence-electron chi connectivity index (χ3n) is 5.64. The van der Waals surface area contributed by atoms with E-state index in [-0.39, 0.29) is 29.7 Å². The molecule has 5 atom stereocenters. The Labute approximate surface area is 177 Å². The molecule has 0 amide bonds. The van der Waals surface area contributed by atoms with Gasteiger partial charge in [-0.15, -0.1) is 11.3 Å². The van der Waals surface area contributed by atoms with Crippen LogP contribution < -0.4 is 9.47 Å². The maximum absolute atomic E-state index is 11.1. The van der Waals surface area contributed by atoms with E-state index in [0.29, 0.717) is 34.6 Å². The number of hydrogen-bond donors (Lipinski definition) is 2. The molecular formula is C20H22ClNO6S. The van der Waals surface area contributed by atoms with Crippen molar-refractivity contribution < 1.29 is 29.2 Å². The second-order valence-corrected chi connectivity index (χ2v) is 8.71. The molecule has 2 N–H and O–H groups in total. The molecule has 1 aromatic carbocycles. The number of aliphatic hydroxyl groups excluding tert-OH is 1. The Morgan fingerprint density at radius 2 is 2.14 bits per heavy atom. The third kappa shape index (κ3) is 4.35. The van der Waals surface area contributed by atoms with E-state index in [2.05, 4.69) is 4.98 Å². The molecular weight excluding hydrogens is 418 g/mol. The average Bonchev–Trinajstić information content (AvgIpc) is 3.30. The fourth-order valence-electron chi connectivity index (χ4n) is 4.21. The van der Waals surface area contributed by atoms with Gasteiger partial charge in [-0.05, 0) is 30.9 Å². The quantitative estimate of drug-likeness (QED) is 0.706. The summed E-state index contributed by atoms with van der Waals surface area (Å²) in [5, 5.41) is 22.4. The van der Waals surface area contributed by atoms with Crippen LogP contribution in [0.5, 0.6) is 11.5 Å². The molecule has 0 radical (unpaired) electrons. The summed E-state index contributed by atoms with van der Waals surface area (Å²) in [6, 6.07) is 5.19. The van der Waals surface area contributed by atoms with E-state index < -0.39 is 12.1 Å². The number of halogens is 1. The van der Waals surface area contributed by atoms with Crippen LogP contribution in [0.25, 0.3) is 0 Å². The number of benzene rings is 1. The van der Waals surface area contributed by atoms with Gasteiger partial charge in [0.25, 0.3) is 0 Å². The van der Waals surface area contributed by atoms with Crippen molar-refractivity contribution in [3.05, 3.63) is 39.3 Å². The highest BCUT2D eigenvalue weighted by molar-refractivity contribution is 7.09. The van der Waals surface area contributed by atoms with Crippen molar-refractivity contribution >= 4 is 28.9 Å². The highest BCUT2D eigenvalue weighted by Crippen LogP contribution is 2.46. The van der Waals surface area contributed by atoms with Crippen LogP contribution >= 0.6 is 22.9 Å². The first-order valence-electron chi connectivity index (χ1n) is 9.44. The Morgan fingerprint density at radius 3 is 2.86 bits per heavy atom. The summed E-state index contributed by atoms with van der Waals surface area (Å²) >= 11 is 7.39. The number of aliphatic hydroxyl groups is 1. The van der Waals surface area contributed by atoms with E-state index in [9.17, 15) is 9.90 Å². The number of carbonyl (C=O) groups is 1. The van der Waals surface area contributed by atoms with Gasteiger partial charge in [-0.3, -0.25) is 0 Å². The van der Waals surface area contributed by atoms with Crippen LogP contribution in [-0.2, 0) is 4.74 Å². The zero-order valence-electron chi connectivity index (χ0n) is 15.8. The number of thiazole rings is 1.